The summed E-state index contributed by atoms with van der Waals surface area (Å²) in [6.07, 6.45) is -4.36. The molecule has 0 heterocycles. The van der Waals surface area contributed by atoms with Crippen molar-refractivity contribution in [2.45, 2.75) is 26.1 Å². The molecular formula is C18H19F3N2O2. The Balaban J connectivity index is 1.88. The van der Waals surface area contributed by atoms with Gasteiger partial charge in [-0.1, -0.05) is 6.07 Å². The average molecular weight is 352 g/mol. The molecule has 2 N–H and O–H groups in total. The lowest BCUT2D eigenvalue weighted by atomic mass is 10.2. The van der Waals surface area contributed by atoms with Crippen molar-refractivity contribution in [1.82, 2.24) is 0 Å². The van der Waals surface area contributed by atoms with Crippen molar-refractivity contribution in [3.05, 3.63) is 54.1 Å². The van der Waals surface area contributed by atoms with Crippen molar-refractivity contribution >= 4 is 17.3 Å². The molecule has 0 spiro atoms. The SMILES string of the molecule is CC(C)Oc1ccc(NC(=O)CNc2cccc(C(F)(F)F)c2)cc1. The average Bonchev–Trinajstić information content (AvgIpc) is 2.54. The Morgan fingerprint density at radius 2 is 1.76 bits per heavy atom. The third-order valence-corrected chi connectivity index (χ3v) is 3.15. The molecule has 2 aromatic rings. The number of carbonyl (C=O) groups is 1. The van der Waals surface area contributed by atoms with E-state index < -0.39 is 11.7 Å². The minimum absolute atomic E-state index is 0.0529. The van der Waals surface area contributed by atoms with Gasteiger partial charge in [0, 0.05) is 11.4 Å². The minimum atomic E-state index is -4.42. The van der Waals surface area contributed by atoms with Crippen LogP contribution in [0.25, 0.3) is 0 Å². The molecule has 2 aromatic carbocycles. The van der Waals surface area contributed by atoms with Crippen LogP contribution in [-0.4, -0.2) is 18.6 Å². The molecule has 25 heavy (non-hydrogen) atoms. The van der Waals surface area contributed by atoms with Crippen molar-refractivity contribution in [3.8, 4) is 5.75 Å². The lowest BCUT2D eigenvalue weighted by Gasteiger charge is -2.12. The maximum absolute atomic E-state index is 12.6. The fourth-order valence-corrected chi connectivity index (χ4v) is 2.08. The predicted octanol–water partition coefficient (Wildman–Crippen LogP) is 4.54. The first kappa shape index (κ1) is 18.6. The number of alkyl halides is 3. The number of benzene rings is 2. The number of carbonyl (C=O) groups excluding carboxylic acids is 1. The quantitative estimate of drug-likeness (QED) is 0.802. The summed E-state index contributed by atoms with van der Waals surface area (Å²) in [6.45, 7) is 3.68. The summed E-state index contributed by atoms with van der Waals surface area (Å²) >= 11 is 0. The van der Waals surface area contributed by atoms with Gasteiger partial charge in [0.15, 0.2) is 0 Å². The molecule has 134 valence electrons. The Morgan fingerprint density at radius 3 is 2.36 bits per heavy atom. The van der Waals surface area contributed by atoms with Crippen LogP contribution in [-0.2, 0) is 11.0 Å². The number of rotatable bonds is 6. The second kappa shape index (κ2) is 7.92. The lowest BCUT2D eigenvalue weighted by molar-refractivity contribution is -0.137. The van der Waals surface area contributed by atoms with Crippen molar-refractivity contribution in [3.63, 3.8) is 0 Å². The maximum Gasteiger partial charge on any atom is 0.416 e. The summed E-state index contributed by atoms with van der Waals surface area (Å²) in [5.41, 5.74) is 0.0382. The summed E-state index contributed by atoms with van der Waals surface area (Å²) in [6, 6.07) is 11.6. The van der Waals surface area contributed by atoms with Gasteiger partial charge in [0.1, 0.15) is 5.75 Å². The van der Waals surface area contributed by atoms with Crippen molar-refractivity contribution in [2.24, 2.45) is 0 Å². The first-order chi connectivity index (χ1) is 11.7. The van der Waals surface area contributed by atoms with E-state index in [0.717, 1.165) is 12.1 Å². The highest BCUT2D eigenvalue weighted by atomic mass is 19.4. The normalized spacial score (nSPS) is 11.3. The Hall–Kier alpha value is -2.70. The zero-order valence-corrected chi connectivity index (χ0v) is 13.9. The monoisotopic (exact) mass is 352 g/mol. The van der Waals surface area contributed by atoms with Crippen LogP contribution in [0, 0.1) is 0 Å². The molecule has 0 aliphatic heterocycles. The van der Waals surface area contributed by atoms with Gasteiger partial charge < -0.3 is 15.4 Å². The second-order valence-electron chi connectivity index (χ2n) is 5.67. The van der Waals surface area contributed by atoms with Gasteiger partial charge in [0.2, 0.25) is 5.91 Å². The molecule has 0 aliphatic carbocycles. The molecular weight excluding hydrogens is 333 g/mol. The van der Waals surface area contributed by atoms with E-state index in [4.69, 9.17) is 4.74 Å². The summed E-state index contributed by atoms with van der Waals surface area (Å²) < 4.78 is 43.4. The van der Waals surface area contributed by atoms with E-state index in [2.05, 4.69) is 10.6 Å². The fourth-order valence-electron chi connectivity index (χ4n) is 2.08. The molecule has 7 heteroatoms. The summed E-state index contributed by atoms with van der Waals surface area (Å²) in [4.78, 5) is 11.9. The van der Waals surface area contributed by atoms with Gasteiger partial charge in [-0.15, -0.1) is 0 Å². The van der Waals surface area contributed by atoms with E-state index in [1.807, 2.05) is 13.8 Å². The number of nitrogens with one attached hydrogen (secondary N) is 2. The van der Waals surface area contributed by atoms with Crippen LogP contribution in [0.15, 0.2) is 48.5 Å². The van der Waals surface area contributed by atoms with Crippen LogP contribution in [0.5, 0.6) is 5.75 Å². The molecule has 0 aliphatic rings. The van der Waals surface area contributed by atoms with E-state index in [1.54, 1.807) is 24.3 Å². The van der Waals surface area contributed by atoms with Crippen molar-refractivity contribution < 1.29 is 22.7 Å². The Morgan fingerprint density at radius 1 is 1.08 bits per heavy atom. The summed E-state index contributed by atoms with van der Waals surface area (Å²) in [7, 11) is 0. The molecule has 0 aromatic heterocycles. The van der Waals surface area contributed by atoms with Crippen molar-refractivity contribution in [1.29, 1.82) is 0 Å². The molecule has 0 fully saturated rings. The topological polar surface area (TPSA) is 50.4 Å². The number of hydrogen-bond donors (Lipinski definition) is 2. The first-order valence-electron chi connectivity index (χ1n) is 7.72. The van der Waals surface area contributed by atoms with Crippen LogP contribution in [0.2, 0.25) is 0 Å². The zero-order chi connectivity index (χ0) is 18.4. The predicted molar refractivity (Wildman–Crippen MR) is 90.8 cm³/mol. The van der Waals surface area contributed by atoms with E-state index in [9.17, 15) is 18.0 Å². The summed E-state index contributed by atoms with van der Waals surface area (Å²) in [5.74, 6) is 0.324. The van der Waals surface area contributed by atoms with Gasteiger partial charge in [-0.3, -0.25) is 4.79 Å². The van der Waals surface area contributed by atoms with E-state index in [0.29, 0.717) is 11.4 Å². The van der Waals surface area contributed by atoms with Crippen LogP contribution < -0.4 is 15.4 Å². The second-order valence-corrected chi connectivity index (χ2v) is 5.67. The summed E-state index contributed by atoms with van der Waals surface area (Å²) in [5, 5.41) is 5.34. The molecule has 0 saturated heterocycles. The number of hydrogen-bond acceptors (Lipinski definition) is 3. The first-order valence-corrected chi connectivity index (χ1v) is 7.72. The van der Waals surface area contributed by atoms with E-state index >= 15 is 0 Å². The van der Waals surface area contributed by atoms with Crippen LogP contribution >= 0.6 is 0 Å². The fraction of sp³-hybridized carbons (Fsp3) is 0.278. The number of amides is 1. The zero-order valence-electron chi connectivity index (χ0n) is 13.9. The molecule has 0 radical (unpaired) electrons. The molecule has 4 nitrogen and oxygen atoms in total. The third-order valence-electron chi connectivity index (χ3n) is 3.15. The molecule has 1 amide bonds. The smallest absolute Gasteiger partial charge is 0.416 e. The highest BCUT2D eigenvalue weighted by Gasteiger charge is 2.30. The molecule has 2 rings (SSSR count). The van der Waals surface area contributed by atoms with Crippen LogP contribution in [0.4, 0.5) is 24.5 Å². The minimum Gasteiger partial charge on any atom is -0.491 e. The highest BCUT2D eigenvalue weighted by Crippen LogP contribution is 2.30. The van der Waals surface area contributed by atoms with Gasteiger partial charge in [0.05, 0.1) is 18.2 Å². The van der Waals surface area contributed by atoms with E-state index in [1.165, 1.54) is 12.1 Å². The van der Waals surface area contributed by atoms with Crippen LogP contribution in [0.3, 0.4) is 0 Å². The number of ether oxygens (including phenoxy) is 1. The third kappa shape index (κ3) is 6.02. The molecule has 0 unspecified atom stereocenters. The maximum atomic E-state index is 12.6. The highest BCUT2D eigenvalue weighted by molar-refractivity contribution is 5.93. The molecule has 0 bridgehead atoms. The number of halogens is 3. The van der Waals surface area contributed by atoms with Gasteiger partial charge in [0.25, 0.3) is 0 Å². The molecule has 0 atom stereocenters. The van der Waals surface area contributed by atoms with Crippen molar-refractivity contribution in [2.75, 3.05) is 17.2 Å². The Bertz CT molecular complexity index is 713. The van der Waals surface area contributed by atoms with Gasteiger partial charge >= 0.3 is 6.18 Å². The van der Waals surface area contributed by atoms with Gasteiger partial charge in [-0.25, -0.2) is 0 Å². The van der Waals surface area contributed by atoms with E-state index in [-0.39, 0.29) is 24.2 Å². The lowest BCUT2D eigenvalue weighted by Crippen LogP contribution is -2.21. The Labute approximate surface area is 144 Å². The van der Waals surface area contributed by atoms with Crippen LogP contribution in [0.1, 0.15) is 19.4 Å². The number of anilines is 2. The molecule has 0 saturated carbocycles. The van der Waals surface area contributed by atoms with Gasteiger partial charge in [-0.2, -0.15) is 13.2 Å². The standard InChI is InChI=1S/C18H19F3N2O2/c1-12(2)25-16-8-6-14(7-9-16)23-17(24)11-22-15-5-3-4-13(10-15)18(19,20)21/h3-10,12,22H,11H2,1-2H3,(H,23,24). The Kier molecular flexibility index (Phi) is 5.90. The van der Waals surface area contributed by atoms with Gasteiger partial charge in [-0.05, 0) is 56.3 Å². The largest absolute Gasteiger partial charge is 0.491 e.